The van der Waals surface area contributed by atoms with E-state index in [0.717, 1.165) is 36.6 Å². The number of urea groups is 1. The summed E-state index contributed by atoms with van der Waals surface area (Å²) in [5.74, 6) is -0.401. The molecule has 2 heterocycles. The molecule has 0 bridgehead atoms. The summed E-state index contributed by atoms with van der Waals surface area (Å²) in [5.41, 5.74) is 2.62. The van der Waals surface area contributed by atoms with Gasteiger partial charge in [0.25, 0.3) is 0 Å². The number of fused-ring (bicyclic) bond motifs is 1. The van der Waals surface area contributed by atoms with Crippen LogP contribution in [0.5, 0.6) is 0 Å². The number of rotatable bonds is 2. The van der Waals surface area contributed by atoms with Gasteiger partial charge in [-0.1, -0.05) is 11.6 Å². The van der Waals surface area contributed by atoms with Crippen LogP contribution in [0.15, 0.2) is 48.7 Å². The Hall–Kier alpha value is -2.73. The summed E-state index contributed by atoms with van der Waals surface area (Å²) >= 11 is 5.70. The van der Waals surface area contributed by atoms with Gasteiger partial charge in [-0.2, -0.15) is 0 Å². The highest BCUT2D eigenvalue weighted by Gasteiger charge is 2.47. The van der Waals surface area contributed by atoms with Gasteiger partial charge in [-0.05, 0) is 85.0 Å². The number of halogens is 3. The maximum atomic E-state index is 13.8. The van der Waals surface area contributed by atoms with Crippen LogP contribution < -0.4 is 5.32 Å². The van der Waals surface area contributed by atoms with Crippen molar-refractivity contribution in [2.45, 2.75) is 31.6 Å². The van der Waals surface area contributed by atoms with Crippen LogP contribution in [0.3, 0.4) is 0 Å². The second-order valence-corrected chi connectivity index (χ2v) is 9.12. The Morgan fingerprint density at radius 1 is 1.10 bits per heavy atom. The number of carbonyl (C=O) groups is 1. The second kappa shape index (κ2) is 7.75. The number of aromatic nitrogens is 1. The molecule has 0 unspecified atom stereocenters. The van der Waals surface area contributed by atoms with E-state index in [1.165, 1.54) is 23.8 Å². The van der Waals surface area contributed by atoms with Gasteiger partial charge >= 0.3 is 6.03 Å². The van der Waals surface area contributed by atoms with Gasteiger partial charge in [-0.25, -0.2) is 13.6 Å². The van der Waals surface area contributed by atoms with Crippen LogP contribution in [0.1, 0.15) is 37.2 Å². The fraction of sp³-hybridized carbons (Fsp3) is 0.333. The maximum Gasteiger partial charge on any atom is 0.321 e. The number of carbonyl (C=O) groups excluding carboxylic acids is 1. The normalized spacial score (nSPS) is 18.2. The topological polar surface area (TPSA) is 45.2 Å². The first-order chi connectivity index (χ1) is 14.9. The second-order valence-electron chi connectivity index (χ2n) is 8.71. The molecule has 2 aliphatic rings. The molecule has 2 amide bonds. The van der Waals surface area contributed by atoms with Crippen molar-refractivity contribution in [1.29, 1.82) is 0 Å². The summed E-state index contributed by atoms with van der Waals surface area (Å²) in [7, 11) is 0. The zero-order chi connectivity index (χ0) is 21.6. The number of hydrogen-bond donors (Lipinski definition) is 1. The summed E-state index contributed by atoms with van der Waals surface area (Å²) in [6.07, 6.45) is 5.75. The predicted octanol–water partition coefficient (Wildman–Crippen LogP) is 6.36. The highest BCUT2D eigenvalue weighted by molar-refractivity contribution is 6.30. The number of anilines is 1. The van der Waals surface area contributed by atoms with E-state index in [1.807, 2.05) is 6.07 Å². The molecule has 0 atom stereocenters. The van der Waals surface area contributed by atoms with Crippen LogP contribution >= 0.6 is 11.6 Å². The molecular formula is C24H22ClF2N3O. The molecule has 1 N–H and O–H groups in total. The van der Waals surface area contributed by atoms with E-state index in [9.17, 15) is 13.6 Å². The van der Waals surface area contributed by atoms with E-state index in [2.05, 4.69) is 10.3 Å². The van der Waals surface area contributed by atoms with Crippen molar-refractivity contribution in [3.8, 4) is 0 Å². The van der Waals surface area contributed by atoms with Crippen LogP contribution in [-0.4, -0.2) is 29.0 Å². The number of piperidine rings is 1. The average molecular weight is 442 g/mol. The van der Waals surface area contributed by atoms with Crippen molar-refractivity contribution in [3.05, 3.63) is 70.9 Å². The third-order valence-corrected chi connectivity index (χ3v) is 7.12. The number of pyridine rings is 1. The molecule has 2 aromatic carbocycles. The molecule has 1 saturated carbocycles. The Balaban J connectivity index is 1.21. The SMILES string of the molecule is O=C(Nc1ccc(Cl)c(F)c1)N1CCC2(CC1)CC(c1ccnc3ccc(F)cc13)C2. The number of amides is 2. The van der Waals surface area contributed by atoms with Crippen molar-refractivity contribution in [1.82, 2.24) is 9.88 Å². The Labute approximate surface area is 184 Å². The lowest BCUT2D eigenvalue weighted by Crippen LogP contribution is -2.49. The summed E-state index contributed by atoms with van der Waals surface area (Å²) in [4.78, 5) is 18.7. The zero-order valence-corrected chi connectivity index (χ0v) is 17.6. The van der Waals surface area contributed by atoms with Gasteiger partial charge in [-0.15, -0.1) is 0 Å². The molecule has 0 radical (unpaired) electrons. The van der Waals surface area contributed by atoms with Crippen LogP contribution in [0, 0.1) is 17.0 Å². The first-order valence-corrected chi connectivity index (χ1v) is 10.9. The number of hydrogen-bond acceptors (Lipinski definition) is 2. The van der Waals surface area contributed by atoms with E-state index in [-0.39, 0.29) is 22.3 Å². The first-order valence-electron chi connectivity index (χ1n) is 10.5. The van der Waals surface area contributed by atoms with E-state index in [1.54, 1.807) is 29.3 Å². The van der Waals surface area contributed by atoms with Crippen molar-refractivity contribution in [3.63, 3.8) is 0 Å². The molecule has 7 heteroatoms. The summed E-state index contributed by atoms with van der Waals surface area (Å²) in [6, 6.07) is 10.8. The fourth-order valence-corrected chi connectivity index (χ4v) is 5.19. The van der Waals surface area contributed by atoms with Gasteiger partial charge < -0.3 is 10.2 Å². The van der Waals surface area contributed by atoms with Gasteiger partial charge in [-0.3, -0.25) is 4.98 Å². The summed E-state index contributed by atoms with van der Waals surface area (Å²) in [6.45, 7) is 1.33. The highest BCUT2D eigenvalue weighted by atomic mass is 35.5. The lowest BCUT2D eigenvalue weighted by atomic mass is 9.56. The van der Waals surface area contributed by atoms with Crippen LogP contribution in [0.25, 0.3) is 10.9 Å². The molecule has 1 aliphatic heterocycles. The lowest BCUT2D eigenvalue weighted by molar-refractivity contribution is 0.0295. The smallest absolute Gasteiger partial charge is 0.321 e. The summed E-state index contributed by atoms with van der Waals surface area (Å²) in [5, 5.41) is 3.68. The number of nitrogens with one attached hydrogen (secondary N) is 1. The van der Waals surface area contributed by atoms with Crippen molar-refractivity contribution < 1.29 is 13.6 Å². The molecule has 1 aromatic heterocycles. The minimum Gasteiger partial charge on any atom is -0.324 e. The summed E-state index contributed by atoms with van der Waals surface area (Å²) < 4.78 is 27.4. The number of likely N-dealkylation sites (tertiary alicyclic amines) is 1. The largest absolute Gasteiger partial charge is 0.324 e. The molecule has 1 aliphatic carbocycles. The van der Waals surface area contributed by atoms with Crippen LogP contribution in [0.2, 0.25) is 5.02 Å². The minimum atomic E-state index is -0.555. The minimum absolute atomic E-state index is 0.0298. The number of benzene rings is 2. The standard InChI is InChI=1S/C24H22ClF2N3O/c25-20-3-2-17(12-21(20)27)29-23(31)30-9-6-24(7-10-30)13-15(14-24)18-5-8-28-22-4-1-16(26)11-19(18)22/h1-5,8,11-12,15H,6-7,9-10,13-14H2,(H,29,31). The van der Waals surface area contributed by atoms with Crippen molar-refractivity contribution >= 4 is 34.2 Å². The molecule has 1 saturated heterocycles. The van der Waals surface area contributed by atoms with Crippen LogP contribution in [-0.2, 0) is 0 Å². The predicted molar refractivity (Wildman–Crippen MR) is 117 cm³/mol. The van der Waals surface area contributed by atoms with Gasteiger partial charge in [0.05, 0.1) is 10.5 Å². The Morgan fingerprint density at radius 3 is 2.61 bits per heavy atom. The van der Waals surface area contributed by atoms with Gasteiger partial charge in [0, 0.05) is 30.4 Å². The van der Waals surface area contributed by atoms with Gasteiger partial charge in [0.1, 0.15) is 11.6 Å². The average Bonchev–Trinajstić information content (AvgIpc) is 2.74. The monoisotopic (exact) mass is 441 g/mol. The Bertz CT molecular complexity index is 1150. The van der Waals surface area contributed by atoms with Crippen LogP contribution in [0.4, 0.5) is 19.3 Å². The Morgan fingerprint density at radius 2 is 1.87 bits per heavy atom. The Kier molecular flexibility index (Phi) is 5.05. The van der Waals surface area contributed by atoms with Crippen molar-refractivity contribution in [2.24, 2.45) is 5.41 Å². The number of nitrogens with zero attached hydrogens (tertiary/aromatic N) is 2. The maximum absolute atomic E-state index is 13.8. The third kappa shape index (κ3) is 3.85. The van der Waals surface area contributed by atoms with Gasteiger partial charge in [0.2, 0.25) is 0 Å². The molecule has 2 fully saturated rings. The molecule has 160 valence electrons. The molecule has 31 heavy (non-hydrogen) atoms. The van der Waals surface area contributed by atoms with E-state index < -0.39 is 5.82 Å². The molecular weight excluding hydrogens is 420 g/mol. The molecule has 4 nitrogen and oxygen atoms in total. The van der Waals surface area contributed by atoms with E-state index in [0.29, 0.717) is 24.7 Å². The van der Waals surface area contributed by atoms with Gasteiger partial charge in [0.15, 0.2) is 0 Å². The quantitative estimate of drug-likeness (QED) is 0.503. The van der Waals surface area contributed by atoms with E-state index >= 15 is 0 Å². The third-order valence-electron chi connectivity index (χ3n) is 6.82. The molecule has 1 spiro atoms. The first kappa shape index (κ1) is 20.2. The highest BCUT2D eigenvalue weighted by Crippen LogP contribution is 2.57. The molecule has 3 aromatic rings. The van der Waals surface area contributed by atoms with E-state index in [4.69, 9.17) is 11.6 Å². The fourth-order valence-electron chi connectivity index (χ4n) is 5.07. The zero-order valence-electron chi connectivity index (χ0n) is 16.9. The lowest BCUT2D eigenvalue weighted by Gasteiger charge is -2.52. The molecule has 5 rings (SSSR count). The van der Waals surface area contributed by atoms with Crippen molar-refractivity contribution in [2.75, 3.05) is 18.4 Å².